The summed E-state index contributed by atoms with van der Waals surface area (Å²) in [5.41, 5.74) is 3.65. The van der Waals surface area contributed by atoms with Gasteiger partial charge in [-0.15, -0.1) is 0 Å². The summed E-state index contributed by atoms with van der Waals surface area (Å²) in [5, 5.41) is 6.23. The van der Waals surface area contributed by atoms with Crippen molar-refractivity contribution in [2.24, 2.45) is 0 Å². The molecule has 0 atom stereocenters. The number of aryl methyl sites for hydroxylation is 1. The third-order valence-electron chi connectivity index (χ3n) is 5.07. The quantitative estimate of drug-likeness (QED) is 0.762. The number of nitrogens with one attached hydrogen (secondary N) is 2. The van der Waals surface area contributed by atoms with Crippen molar-refractivity contribution >= 4 is 34.8 Å². The van der Waals surface area contributed by atoms with E-state index in [1.807, 2.05) is 12.1 Å². The summed E-state index contributed by atoms with van der Waals surface area (Å²) >= 11 is 5.82. The highest BCUT2D eigenvalue weighted by atomic mass is 35.5. The number of carbonyl (C=O) groups is 2. The fourth-order valence-electron chi connectivity index (χ4n) is 3.35. The number of halogens is 1. The maximum Gasteiger partial charge on any atom is 0.251 e. The smallest absolute Gasteiger partial charge is 0.251 e. The Morgan fingerprint density at radius 2 is 1.72 bits per heavy atom. The predicted molar refractivity (Wildman–Crippen MR) is 118 cm³/mol. The van der Waals surface area contributed by atoms with Crippen LogP contribution in [-0.2, 0) is 4.79 Å². The summed E-state index contributed by atoms with van der Waals surface area (Å²) < 4.78 is 0. The van der Waals surface area contributed by atoms with Crippen molar-refractivity contribution in [3.63, 3.8) is 0 Å². The molecule has 2 amide bonds. The zero-order valence-corrected chi connectivity index (χ0v) is 17.6. The van der Waals surface area contributed by atoms with Gasteiger partial charge in [0.15, 0.2) is 0 Å². The Morgan fingerprint density at radius 1 is 1.03 bits per heavy atom. The molecule has 29 heavy (non-hydrogen) atoms. The van der Waals surface area contributed by atoms with Gasteiger partial charge in [-0.1, -0.05) is 11.6 Å². The number of anilines is 2. The predicted octanol–water partition coefficient (Wildman–Crippen LogP) is 3.16. The van der Waals surface area contributed by atoms with Crippen LogP contribution in [0, 0.1) is 6.92 Å². The zero-order valence-electron chi connectivity index (χ0n) is 16.9. The van der Waals surface area contributed by atoms with Crippen molar-refractivity contribution in [3.05, 3.63) is 58.6 Å². The molecule has 0 unspecified atom stereocenters. The Bertz CT molecular complexity index is 862. The highest BCUT2D eigenvalue weighted by molar-refractivity contribution is 6.30. The normalized spacial score (nSPS) is 14.5. The van der Waals surface area contributed by atoms with E-state index in [2.05, 4.69) is 40.5 Å². The lowest BCUT2D eigenvalue weighted by Crippen LogP contribution is -2.44. The van der Waals surface area contributed by atoms with Crippen LogP contribution in [0.15, 0.2) is 42.5 Å². The SMILES string of the molecule is Cc1cc(NC(=O)CCNC(=O)c2ccc(Cl)cc2)ccc1N1CCN(C)CC1. The highest BCUT2D eigenvalue weighted by Gasteiger charge is 2.16. The van der Waals surface area contributed by atoms with Crippen LogP contribution in [0.3, 0.4) is 0 Å². The number of rotatable bonds is 6. The van der Waals surface area contributed by atoms with Gasteiger partial charge in [0.2, 0.25) is 5.91 Å². The Balaban J connectivity index is 1.47. The van der Waals surface area contributed by atoms with Crippen LogP contribution in [0.25, 0.3) is 0 Å². The average Bonchev–Trinajstić information content (AvgIpc) is 2.69. The Kier molecular flexibility index (Phi) is 7.12. The molecule has 0 spiro atoms. The summed E-state index contributed by atoms with van der Waals surface area (Å²) in [4.78, 5) is 29.0. The molecule has 0 radical (unpaired) electrons. The Hall–Kier alpha value is -2.57. The van der Waals surface area contributed by atoms with Crippen LogP contribution in [0.5, 0.6) is 0 Å². The van der Waals surface area contributed by atoms with E-state index >= 15 is 0 Å². The number of piperazine rings is 1. The minimum atomic E-state index is -0.221. The molecule has 2 aromatic carbocycles. The van der Waals surface area contributed by atoms with E-state index in [1.54, 1.807) is 24.3 Å². The molecule has 154 valence electrons. The number of carbonyl (C=O) groups excluding carboxylic acids is 2. The fraction of sp³-hybridized carbons (Fsp3) is 0.364. The van der Waals surface area contributed by atoms with Crippen molar-refractivity contribution in [1.82, 2.24) is 10.2 Å². The summed E-state index contributed by atoms with van der Waals surface area (Å²) in [6.45, 7) is 6.47. The van der Waals surface area contributed by atoms with Gasteiger partial charge in [0.1, 0.15) is 0 Å². The van der Waals surface area contributed by atoms with Gasteiger partial charge in [-0.05, 0) is 62.0 Å². The Labute approximate surface area is 176 Å². The highest BCUT2D eigenvalue weighted by Crippen LogP contribution is 2.24. The second-order valence-electron chi connectivity index (χ2n) is 7.35. The van der Waals surface area contributed by atoms with Crippen LogP contribution in [-0.4, -0.2) is 56.5 Å². The van der Waals surface area contributed by atoms with E-state index in [0.717, 1.165) is 37.4 Å². The third-order valence-corrected chi connectivity index (χ3v) is 5.32. The molecule has 1 aliphatic heterocycles. The molecule has 1 heterocycles. The van der Waals surface area contributed by atoms with E-state index < -0.39 is 0 Å². The van der Waals surface area contributed by atoms with Gasteiger partial charge < -0.3 is 20.4 Å². The average molecular weight is 415 g/mol. The maximum absolute atomic E-state index is 12.2. The lowest BCUT2D eigenvalue weighted by atomic mass is 10.1. The van der Waals surface area contributed by atoms with Gasteiger partial charge in [0.25, 0.3) is 5.91 Å². The van der Waals surface area contributed by atoms with Crippen molar-refractivity contribution in [2.75, 3.05) is 50.0 Å². The minimum absolute atomic E-state index is 0.131. The first-order valence-electron chi connectivity index (χ1n) is 9.80. The van der Waals surface area contributed by atoms with E-state index in [-0.39, 0.29) is 24.8 Å². The Morgan fingerprint density at radius 3 is 2.38 bits per heavy atom. The van der Waals surface area contributed by atoms with Crippen LogP contribution >= 0.6 is 11.6 Å². The second-order valence-corrected chi connectivity index (χ2v) is 7.79. The molecular formula is C22H27ClN4O2. The molecule has 3 rings (SSSR count). The van der Waals surface area contributed by atoms with Crippen LogP contribution in [0.4, 0.5) is 11.4 Å². The van der Waals surface area contributed by atoms with Crippen LogP contribution < -0.4 is 15.5 Å². The van der Waals surface area contributed by atoms with Gasteiger partial charge in [-0.3, -0.25) is 9.59 Å². The fourth-order valence-corrected chi connectivity index (χ4v) is 3.48. The molecule has 0 bridgehead atoms. The molecule has 2 N–H and O–H groups in total. The largest absolute Gasteiger partial charge is 0.369 e. The molecule has 1 aliphatic rings. The van der Waals surface area contributed by atoms with Gasteiger partial charge in [0.05, 0.1) is 0 Å². The molecule has 1 saturated heterocycles. The van der Waals surface area contributed by atoms with Crippen molar-refractivity contribution in [2.45, 2.75) is 13.3 Å². The van der Waals surface area contributed by atoms with Crippen LogP contribution in [0.1, 0.15) is 22.3 Å². The number of hydrogen-bond acceptors (Lipinski definition) is 4. The lowest BCUT2D eigenvalue weighted by molar-refractivity contribution is -0.116. The monoisotopic (exact) mass is 414 g/mol. The number of hydrogen-bond donors (Lipinski definition) is 2. The summed E-state index contributed by atoms with van der Waals surface area (Å²) in [6, 6.07) is 12.6. The van der Waals surface area contributed by atoms with E-state index in [0.29, 0.717) is 10.6 Å². The molecule has 7 heteroatoms. The minimum Gasteiger partial charge on any atom is -0.369 e. The molecular weight excluding hydrogens is 388 g/mol. The first-order chi connectivity index (χ1) is 13.9. The number of amides is 2. The molecule has 0 saturated carbocycles. The van der Waals surface area contributed by atoms with Crippen molar-refractivity contribution in [1.29, 1.82) is 0 Å². The van der Waals surface area contributed by atoms with Gasteiger partial charge in [0, 0.05) is 61.1 Å². The van der Waals surface area contributed by atoms with E-state index in [1.165, 1.54) is 5.69 Å². The first kappa shape index (κ1) is 21.1. The maximum atomic E-state index is 12.2. The molecule has 1 fully saturated rings. The van der Waals surface area contributed by atoms with Gasteiger partial charge in [-0.25, -0.2) is 0 Å². The first-order valence-corrected chi connectivity index (χ1v) is 10.2. The molecule has 0 aliphatic carbocycles. The molecule has 6 nitrogen and oxygen atoms in total. The lowest BCUT2D eigenvalue weighted by Gasteiger charge is -2.35. The van der Waals surface area contributed by atoms with Crippen molar-refractivity contribution in [3.8, 4) is 0 Å². The third kappa shape index (κ3) is 5.95. The molecule has 2 aromatic rings. The number of likely N-dealkylation sites (N-methyl/N-ethyl adjacent to an activating group) is 1. The van der Waals surface area contributed by atoms with Gasteiger partial charge >= 0.3 is 0 Å². The van der Waals surface area contributed by atoms with Crippen molar-refractivity contribution < 1.29 is 9.59 Å². The van der Waals surface area contributed by atoms with E-state index in [9.17, 15) is 9.59 Å². The standard InChI is InChI=1S/C22H27ClN4O2/c1-16-15-19(7-8-20(16)27-13-11-26(2)12-14-27)25-21(28)9-10-24-22(29)17-3-5-18(23)6-4-17/h3-8,15H,9-14H2,1-2H3,(H,24,29)(H,25,28). The van der Waals surface area contributed by atoms with Gasteiger partial charge in [-0.2, -0.15) is 0 Å². The summed E-state index contributed by atoms with van der Waals surface area (Å²) in [7, 11) is 2.14. The number of nitrogens with zero attached hydrogens (tertiary/aromatic N) is 2. The summed E-state index contributed by atoms with van der Waals surface area (Å²) in [6.07, 6.45) is 0.207. The topological polar surface area (TPSA) is 64.7 Å². The second kappa shape index (κ2) is 9.76. The van der Waals surface area contributed by atoms with E-state index in [4.69, 9.17) is 11.6 Å². The summed E-state index contributed by atoms with van der Waals surface area (Å²) in [5.74, 6) is -0.352. The zero-order chi connectivity index (χ0) is 20.8. The molecule has 0 aromatic heterocycles. The van der Waals surface area contributed by atoms with Crippen LogP contribution in [0.2, 0.25) is 5.02 Å². The number of benzene rings is 2.